The van der Waals surface area contributed by atoms with Gasteiger partial charge in [-0.1, -0.05) is 0 Å². The van der Waals surface area contributed by atoms with Gasteiger partial charge in [-0.05, 0) is 43.5 Å². The van der Waals surface area contributed by atoms with Crippen LogP contribution in [0.5, 0.6) is 0 Å². The Labute approximate surface area is 129 Å². The van der Waals surface area contributed by atoms with Gasteiger partial charge in [-0.25, -0.2) is 12.8 Å². The first kappa shape index (κ1) is 15.1. The van der Waals surface area contributed by atoms with E-state index in [-0.39, 0.29) is 17.5 Å². The first-order valence-electron chi connectivity index (χ1n) is 7.40. The van der Waals surface area contributed by atoms with Gasteiger partial charge in [0, 0.05) is 12.2 Å². The number of nitrogens with one attached hydrogen (secondary N) is 1. The van der Waals surface area contributed by atoms with Crippen LogP contribution >= 0.6 is 0 Å². The van der Waals surface area contributed by atoms with E-state index in [9.17, 15) is 12.8 Å². The highest BCUT2D eigenvalue weighted by Gasteiger charge is 2.30. The Balaban J connectivity index is 1.74. The molecule has 2 aliphatic rings. The molecular formula is C15H19FN2O3S. The summed E-state index contributed by atoms with van der Waals surface area (Å²) in [6.07, 6.45) is 6.19. The molecule has 1 atom stereocenters. The molecule has 5 nitrogen and oxygen atoms in total. The molecule has 2 heterocycles. The van der Waals surface area contributed by atoms with Crippen LogP contribution in [0, 0.1) is 5.82 Å². The topological polar surface area (TPSA) is 58.6 Å². The third-order valence-electron chi connectivity index (χ3n) is 3.87. The first-order valence-corrected chi connectivity index (χ1v) is 9.01. The lowest BCUT2D eigenvalue weighted by Crippen LogP contribution is -2.26. The Morgan fingerprint density at radius 2 is 2.27 bits per heavy atom. The van der Waals surface area contributed by atoms with Gasteiger partial charge < -0.3 is 10.1 Å². The van der Waals surface area contributed by atoms with Crippen LogP contribution in [0.3, 0.4) is 0 Å². The van der Waals surface area contributed by atoms with Gasteiger partial charge in [-0.3, -0.25) is 4.31 Å². The van der Waals surface area contributed by atoms with Gasteiger partial charge in [0.1, 0.15) is 11.9 Å². The predicted octanol–water partition coefficient (Wildman–Crippen LogP) is 2.47. The smallest absolute Gasteiger partial charge is 0.235 e. The maximum Gasteiger partial charge on any atom is 0.235 e. The fourth-order valence-electron chi connectivity index (χ4n) is 2.69. The molecule has 1 fully saturated rings. The van der Waals surface area contributed by atoms with Crippen LogP contribution in [0.1, 0.15) is 19.3 Å². The Morgan fingerprint density at radius 1 is 1.41 bits per heavy atom. The third kappa shape index (κ3) is 3.19. The molecule has 1 aromatic rings. The standard InChI is InChI=1S/C15H19FN2O3S/c16-14-6-5-12(17-11-13-4-1-2-8-21-13)10-15(14)18-7-3-9-22(18,19)20/h2,5-6,8,10,13,17H,1,3-4,7,9,11H2/t13-/m0/s1. The Morgan fingerprint density at radius 3 is 2.95 bits per heavy atom. The van der Waals surface area contributed by atoms with Crippen molar-refractivity contribution in [2.75, 3.05) is 28.5 Å². The molecule has 3 rings (SSSR count). The van der Waals surface area contributed by atoms with Crippen molar-refractivity contribution in [3.8, 4) is 0 Å². The van der Waals surface area contributed by atoms with E-state index >= 15 is 0 Å². The molecule has 7 heteroatoms. The van der Waals surface area contributed by atoms with Gasteiger partial charge in [-0.15, -0.1) is 0 Å². The molecule has 1 saturated heterocycles. The van der Waals surface area contributed by atoms with E-state index in [0.717, 1.165) is 17.1 Å². The molecule has 0 bridgehead atoms. The van der Waals surface area contributed by atoms with Crippen molar-refractivity contribution in [2.45, 2.75) is 25.4 Å². The molecule has 0 aliphatic carbocycles. The summed E-state index contributed by atoms with van der Waals surface area (Å²) in [5, 5.41) is 3.19. The van der Waals surface area contributed by atoms with E-state index in [4.69, 9.17) is 4.74 Å². The summed E-state index contributed by atoms with van der Waals surface area (Å²) in [4.78, 5) is 0. The average molecular weight is 326 g/mol. The van der Waals surface area contributed by atoms with Gasteiger partial charge in [-0.2, -0.15) is 0 Å². The fraction of sp³-hybridized carbons (Fsp3) is 0.467. The van der Waals surface area contributed by atoms with E-state index in [2.05, 4.69) is 5.32 Å². The van der Waals surface area contributed by atoms with Crippen LogP contribution in [-0.4, -0.2) is 33.4 Å². The summed E-state index contributed by atoms with van der Waals surface area (Å²) >= 11 is 0. The van der Waals surface area contributed by atoms with Crippen molar-refractivity contribution >= 4 is 21.4 Å². The van der Waals surface area contributed by atoms with Crippen LogP contribution in [0.2, 0.25) is 0 Å². The molecule has 1 aromatic carbocycles. The van der Waals surface area contributed by atoms with Crippen molar-refractivity contribution in [1.29, 1.82) is 0 Å². The lowest BCUT2D eigenvalue weighted by atomic mass is 10.1. The van der Waals surface area contributed by atoms with E-state index < -0.39 is 15.8 Å². The largest absolute Gasteiger partial charge is 0.497 e. The summed E-state index contributed by atoms with van der Waals surface area (Å²) in [6.45, 7) is 0.932. The minimum absolute atomic E-state index is 0.0757. The lowest BCUT2D eigenvalue weighted by Gasteiger charge is -2.22. The number of benzene rings is 1. The SMILES string of the molecule is O=S1(=O)CCCN1c1cc(NC[C@@H]2CCC=CO2)ccc1F. The third-order valence-corrected chi connectivity index (χ3v) is 5.73. The zero-order valence-corrected chi connectivity index (χ0v) is 13.0. The van der Waals surface area contributed by atoms with Crippen molar-refractivity contribution in [3.63, 3.8) is 0 Å². The minimum atomic E-state index is -3.38. The highest BCUT2D eigenvalue weighted by molar-refractivity contribution is 7.93. The first-order chi connectivity index (χ1) is 10.6. The number of anilines is 2. The maximum atomic E-state index is 14.0. The summed E-state index contributed by atoms with van der Waals surface area (Å²) in [5.41, 5.74) is 0.809. The summed E-state index contributed by atoms with van der Waals surface area (Å²) in [6, 6.07) is 4.46. The molecule has 1 N–H and O–H groups in total. The zero-order chi connectivity index (χ0) is 15.6. The van der Waals surface area contributed by atoms with E-state index in [1.54, 1.807) is 18.4 Å². The molecular weight excluding hydrogens is 307 g/mol. The summed E-state index contributed by atoms with van der Waals surface area (Å²) < 4.78 is 44.5. The van der Waals surface area contributed by atoms with Crippen LogP contribution in [0.25, 0.3) is 0 Å². The van der Waals surface area contributed by atoms with Crippen LogP contribution in [-0.2, 0) is 14.8 Å². The minimum Gasteiger partial charge on any atom is -0.497 e. The van der Waals surface area contributed by atoms with Crippen molar-refractivity contribution in [3.05, 3.63) is 36.4 Å². The van der Waals surface area contributed by atoms with Crippen LogP contribution < -0.4 is 9.62 Å². The Bertz CT molecular complexity index is 675. The lowest BCUT2D eigenvalue weighted by molar-refractivity contribution is 0.135. The van der Waals surface area contributed by atoms with Gasteiger partial charge >= 0.3 is 0 Å². The molecule has 0 unspecified atom stereocenters. The van der Waals surface area contributed by atoms with Gasteiger partial charge in [0.25, 0.3) is 0 Å². The second kappa shape index (κ2) is 6.16. The maximum absolute atomic E-state index is 14.0. The number of sulfonamides is 1. The summed E-state index contributed by atoms with van der Waals surface area (Å²) in [5.74, 6) is -0.445. The predicted molar refractivity (Wildman–Crippen MR) is 83.9 cm³/mol. The molecule has 0 amide bonds. The normalized spacial score (nSPS) is 23.3. The molecule has 120 valence electrons. The van der Waals surface area contributed by atoms with Crippen molar-refractivity contribution in [1.82, 2.24) is 0 Å². The van der Waals surface area contributed by atoms with E-state index in [1.807, 2.05) is 6.08 Å². The number of ether oxygens (including phenoxy) is 1. The second-order valence-electron chi connectivity index (χ2n) is 5.50. The van der Waals surface area contributed by atoms with Gasteiger partial charge in [0.05, 0.1) is 24.2 Å². The highest BCUT2D eigenvalue weighted by atomic mass is 32.2. The number of hydrogen-bond acceptors (Lipinski definition) is 4. The molecule has 2 aliphatic heterocycles. The zero-order valence-electron chi connectivity index (χ0n) is 12.2. The Kier molecular flexibility index (Phi) is 4.24. The number of halogens is 1. The number of allylic oxidation sites excluding steroid dienone is 1. The van der Waals surface area contributed by atoms with E-state index in [1.165, 1.54) is 6.07 Å². The van der Waals surface area contributed by atoms with Crippen molar-refractivity contribution < 1.29 is 17.5 Å². The number of hydrogen-bond donors (Lipinski definition) is 1. The quantitative estimate of drug-likeness (QED) is 0.923. The van der Waals surface area contributed by atoms with Crippen LogP contribution in [0.15, 0.2) is 30.5 Å². The molecule has 0 spiro atoms. The highest BCUT2D eigenvalue weighted by Crippen LogP contribution is 2.29. The van der Waals surface area contributed by atoms with Crippen LogP contribution in [0.4, 0.5) is 15.8 Å². The molecule has 22 heavy (non-hydrogen) atoms. The average Bonchev–Trinajstić information content (AvgIpc) is 2.87. The molecule has 0 saturated carbocycles. The molecule has 0 radical (unpaired) electrons. The number of rotatable bonds is 4. The van der Waals surface area contributed by atoms with Gasteiger partial charge in [0.15, 0.2) is 0 Å². The Hall–Kier alpha value is -1.76. The number of nitrogens with zero attached hydrogens (tertiary/aromatic N) is 1. The summed E-state index contributed by atoms with van der Waals surface area (Å²) in [7, 11) is -3.38. The van der Waals surface area contributed by atoms with Gasteiger partial charge in [0.2, 0.25) is 10.0 Å². The second-order valence-corrected chi connectivity index (χ2v) is 7.51. The van der Waals surface area contributed by atoms with Crippen molar-refractivity contribution in [2.24, 2.45) is 0 Å². The monoisotopic (exact) mass is 326 g/mol. The fourth-order valence-corrected chi connectivity index (χ4v) is 4.25. The van der Waals surface area contributed by atoms with E-state index in [0.29, 0.717) is 25.2 Å². The molecule has 0 aromatic heterocycles.